The number of carbonyl (C=O) groups is 1. The number of amides is 1. The van der Waals surface area contributed by atoms with Crippen LogP contribution in [-0.2, 0) is 16.1 Å². The van der Waals surface area contributed by atoms with Crippen molar-refractivity contribution in [3.05, 3.63) is 74.6 Å². The van der Waals surface area contributed by atoms with Crippen molar-refractivity contribution in [2.24, 2.45) is 0 Å². The molecule has 1 atom stereocenters. The number of halogens is 1. The van der Waals surface area contributed by atoms with Crippen LogP contribution in [0, 0.1) is 15.9 Å². The Balaban J connectivity index is 1.53. The Bertz CT molecular complexity index is 1240. The second-order valence-corrected chi connectivity index (χ2v) is 7.80. The molecule has 1 aromatic heterocycles. The molecule has 1 aliphatic rings. The summed E-state index contributed by atoms with van der Waals surface area (Å²) in [6.07, 6.45) is 1.67. The van der Waals surface area contributed by atoms with Gasteiger partial charge in [-0.05, 0) is 37.1 Å². The first-order valence-electron chi connectivity index (χ1n) is 10.4. The Morgan fingerprint density at radius 1 is 1.33 bits per heavy atom. The van der Waals surface area contributed by atoms with Gasteiger partial charge >= 0.3 is 0 Å². The van der Waals surface area contributed by atoms with Crippen LogP contribution in [-0.4, -0.2) is 51.5 Å². The van der Waals surface area contributed by atoms with Crippen molar-refractivity contribution in [2.75, 3.05) is 25.0 Å². The van der Waals surface area contributed by atoms with E-state index in [1.807, 2.05) is 0 Å². The maximum absolute atomic E-state index is 13.4. The molecule has 0 radical (unpaired) electrons. The molecule has 10 nitrogen and oxygen atoms in total. The monoisotopic (exact) mass is 455 g/mol. The minimum Gasteiger partial charge on any atom is -0.377 e. The highest BCUT2D eigenvalue weighted by molar-refractivity contribution is 5.94. The van der Waals surface area contributed by atoms with Gasteiger partial charge in [0.25, 0.3) is 11.2 Å². The number of nitro benzene ring substituents is 1. The number of ether oxygens (including phenoxy) is 1. The van der Waals surface area contributed by atoms with E-state index in [2.05, 4.69) is 15.3 Å². The quantitative estimate of drug-likeness (QED) is 0.394. The molecule has 1 aliphatic heterocycles. The van der Waals surface area contributed by atoms with Crippen LogP contribution in [0.15, 0.2) is 47.3 Å². The zero-order chi connectivity index (χ0) is 23.4. The summed E-state index contributed by atoms with van der Waals surface area (Å²) in [5.41, 5.74) is -0.367. The largest absolute Gasteiger partial charge is 0.377 e. The molecule has 2 aromatic carbocycles. The summed E-state index contributed by atoms with van der Waals surface area (Å²) in [4.78, 5) is 44.6. The van der Waals surface area contributed by atoms with Gasteiger partial charge in [0.05, 0.1) is 41.1 Å². The summed E-state index contributed by atoms with van der Waals surface area (Å²) < 4.78 is 19.1. The number of rotatable bonds is 8. The molecule has 2 N–H and O–H groups in total. The smallest absolute Gasteiger partial charge is 0.295 e. The number of anilines is 1. The van der Waals surface area contributed by atoms with Gasteiger partial charge in [0.15, 0.2) is 0 Å². The minimum atomic E-state index is -0.772. The van der Waals surface area contributed by atoms with Gasteiger partial charge in [-0.15, -0.1) is 0 Å². The number of nitro groups is 1. The first-order valence-corrected chi connectivity index (χ1v) is 10.4. The molecule has 4 rings (SSSR count). The van der Waals surface area contributed by atoms with Crippen LogP contribution in [0.2, 0.25) is 0 Å². The van der Waals surface area contributed by atoms with Crippen LogP contribution in [0.4, 0.5) is 15.8 Å². The molecule has 1 unspecified atom stereocenters. The highest BCUT2D eigenvalue weighted by atomic mass is 19.1. The predicted octanol–water partition coefficient (Wildman–Crippen LogP) is 2.59. The minimum absolute atomic E-state index is 0.0786. The normalized spacial score (nSPS) is 15.8. The van der Waals surface area contributed by atoms with Crippen molar-refractivity contribution in [1.82, 2.24) is 14.9 Å². The van der Waals surface area contributed by atoms with E-state index in [0.717, 1.165) is 31.0 Å². The van der Waals surface area contributed by atoms with Crippen LogP contribution in [0.1, 0.15) is 18.7 Å². The predicted molar refractivity (Wildman–Crippen MR) is 118 cm³/mol. The van der Waals surface area contributed by atoms with Gasteiger partial charge in [-0.25, -0.2) is 9.37 Å². The summed E-state index contributed by atoms with van der Waals surface area (Å²) in [5.74, 6) is -0.908. The lowest BCUT2D eigenvalue weighted by atomic mass is 10.2. The Labute approximate surface area is 187 Å². The first kappa shape index (κ1) is 22.5. The molecule has 11 heteroatoms. The van der Waals surface area contributed by atoms with E-state index < -0.39 is 22.3 Å². The third kappa shape index (κ3) is 5.57. The molecule has 1 amide bonds. The molecule has 0 spiro atoms. The molecule has 1 fully saturated rings. The van der Waals surface area contributed by atoms with E-state index in [4.69, 9.17) is 4.74 Å². The summed E-state index contributed by atoms with van der Waals surface area (Å²) in [5, 5.41) is 14.2. The zero-order valence-corrected chi connectivity index (χ0v) is 17.6. The second-order valence-electron chi connectivity index (χ2n) is 7.80. The molecular formula is C22H22FN5O5. The van der Waals surface area contributed by atoms with Crippen molar-refractivity contribution in [1.29, 1.82) is 0 Å². The zero-order valence-electron chi connectivity index (χ0n) is 17.6. The molecule has 0 bridgehead atoms. The number of aromatic nitrogens is 2. The average molecular weight is 455 g/mol. The molecule has 3 aromatic rings. The van der Waals surface area contributed by atoms with E-state index in [0.29, 0.717) is 29.9 Å². The fourth-order valence-corrected chi connectivity index (χ4v) is 3.84. The molecule has 0 aliphatic carbocycles. The van der Waals surface area contributed by atoms with E-state index >= 15 is 0 Å². The van der Waals surface area contributed by atoms with E-state index in [1.54, 1.807) is 29.2 Å². The van der Waals surface area contributed by atoms with Crippen molar-refractivity contribution >= 4 is 28.2 Å². The van der Waals surface area contributed by atoms with Crippen LogP contribution >= 0.6 is 0 Å². The van der Waals surface area contributed by atoms with Gasteiger partial charge in [-0.2, -0.15) is 0 Å². The Kier molecular flexibility index (Phi) is 6.71. The highest BCUT2D eigenvalue weighted by Gasteiger charge is 2.23. The number of carbonyl (C=O) groups excluding carboxylic acids is 1. The molecule has 2 heterocycles. The number of hydrogen-bond acceptors (Lipinski definition) is 7. The lowest BCUT2D eigenvalue weighted by Crippen LogP contribution is -2.38. The van der Waals surface area contributed by atoms with Crippen molar-refractivity contribution in [2.45, 2.75) is 25.5 Å². The Hall–Kier alpha value is -3.70. The van der Waals surface area contributed by atoms with Crippen molar-refractivity contribution < 1.29 is 18.8 Å². The summed E-state index contributed by atoms with van der Waals surface area (Å²) in [6, 6.07) is 9.89. The van der Waals surface area contributed by atoms with Crippen molar-refractivity contribution in [3.63, 3.8) is 0 Å². The maximum Gasteiger partial charge on any atom is 0.295 e. The summed E-state index contributed by atoms with van der Waals surface area (Å²) >= 11 is 0. The second kappa shape index (κ2) is 9.84. The van der Waals surface area contributed by atoms with E-state index in [-0.39, 0.29) is 30.4 Å². The molecule has 172 valence electrons. The van der Waals surface area contributed by atoms with Crippen LogP contribution in [0.5, 0.6) is 0 Å². The lowest BCUT2D eigenvalue weighted by Gasteiger charge is -2.24. The van der Waals surface area contributed by atoms with E-state index in [9.17, 15) is 24.1 Å². The number of para-hydroxylation sites is 1. The van der Waals surface area contributed by atoms with Gasteiger partial charge in [0.1, 0.15) is 17.3 Å². The first-order chi connectivity index (χ1) is 15.9. The average Bonchev–Trinajstić information content (AvgIpc) is 3.28. The standard InChI is InChI=1S/C22H22FN5O5/c23-14-7-8-18(19(10-14)28(31)32)25-21(29)13-27(11-15-4-3-9-33-15)12-20-24-17-6-2-1-5-16(17)22(30)26-20/h1-2,5-8,10,15H,3-4,9,11-13H2,(H,25,29)(H,24,26,30). The van der Waals surface area contributed by atoms with Gasteiger partial charge < -0.3 is 15.0 Å². The van der Waals surface area contributed by atoms with Crippen LogP contribution in [0.3, 0.4) is 0 Å². The number of nitrogens with zero attached hydrogens (tertiary/aromatic N) is 3. The molecule has 33 heavy (non-hydrogen) atoms. The maximum atomic E-state index is 13.4. The number of nitrogens with one attached hydrogen (secondary N) is 2. The van der Waals surface area contributed by atoms with Gasteiger partial charge in [0.2, 0.25) is 5.91 Å². The molecule has 1 saturated heterocycles. The number of fused-ring (bicyclic) bond motifs is 1. The summed E-state index contributed by atoms with van der Waals surface area (Å²) in [6.45, 7) is 1.08. The van der Waals surface area contributed by atoms with E-state index in [1.165, 1.54) is 0 Å². The fourth-order valence-electron chi connectivity index (χ4n) is 3.84. The van der Waals surface area contributed by atoms with Gasteiger partial charge in [0, 0.05) is 13.2 Å². The SMILES string of the molecule is O=C(CN(Cc1nc2ccccc2c(=O)[nH]1)CC1CCCO1)Nc1ccc(F)cc1[N+](=O)[O-]. The van der Waals surface area contributed by atoms with Crippen LogP contribution < -0.4 is 10.9 Å². The highest BCUT2D eigenvalue weighted by Crippen LogP contribution is 2.25. The molecular weight excluding hydrogens is 433 g/mol. The topological polar surface area (TPSA) is 130 Å². The Morgan fingerprint density at radius 2 is 2.15 bits per heavy atom. The van der Waals surface area contributed by atoms with Crippen molar-refractivity contribution in [3.8, 4) is 0 Å². The number of benzene rings is 2. The number of hydrogen-bond donors (Lipinski definition) is 2. The van der Waals surface area contributed by atoms with Gasteiger partial charge in [-0.1, -0.05) is 12.1 Å². The third-order valence-corrected chi connectivity index (χ3v) is 5.32. The number of H-pyrrole nitrogens is 1. The van der Waals surface area contributed by atoms with Crippen LogP contribution in [0.25, 0.3) is 10.9 Å². The number of aromatic amines is 1. The fraction of sp³-hybridized carbons (Fsp3) is 0.318. The lowest BCUT2D eigenvalue weighted by molar-refractivity contribution is -0.384. The molecule has 0 saturated carbocycles. The summed E-state index contributed by atoms with van der Waals surface area (Å²) in [7, 11) is 0. The Morgan fingerprint density at radius 3 is 2.91 bits per heavy atom. The third-order valence-electron chi connectivity index (χ3n) is 5.32. The van der Waals surface area contributed by atoms with Gasteiger partial charge in [-0.3, -0.25) is 24.6 Å².